The number of fused-ring (bicyclic) bond motifs is 2. The second kappa shape index (κ2) is 8.80. The summed E-state index contributed by atoms with van der Waals surface area (Å²) in [5, 5.41) is 0. The lowest BCUT2D eigenvalue weighted by Crippen LogP contribution is -2.57. The zero-order valence-corrected chi connectivity index (χ0v) is 21.0. The van der Waals surface area contributed by atoms with E-state index < -0.39 is 32.8 Å². The maximum atomic E-state index is 14.4. The first kappa shape index (κ1) is 23.6. The van der Waals surface area contributed by atoms with Crippen LogP contribution in [0.2, 0.25) is 0 Å². The third kappa shape index (κ3) is 3.70. The SMILES string of the molecule is CC1CCC(C(C)C)C(OC2OC(=O)C3Cc4ccccc4CC23S(=O)(=O)c2ccccc2)C1. The van der Waals surface area contributed by atoms with Gasteiger partial charge in [0, 0.05) is 0 Å². The van der Waals surface area contributed by atoms with E-state index in [4.69, 9.17) is 9.47 Å². The van der Waals surface area contributed by atoms with Crippen molar-refractivity contribution in [2.45, 2.75) is 74.9 Å². The third-order valence-electron chi connectivity index (χ3n) is 8.32. The number of rotatable bonds is 5. The molecule has 1 heterocycles. The summed E-state index contributed by atoms with van der Waals surface area (Å²) < 4.78 is 39.8. The summed E-state index contributed by atoms with van der Waals surface area (Å²) in [6.07, 6.45) is 2.30. The van der Waals surface area contributed by atoms with E-state index in [0.717, 1.165) is 30.4 Å². The fourth-order valence-corrected chi connectivity index (χ4v) is 8.57. The van der Waals surface area contributed by atoms with Gasteiger partial charge in [-0.05, 0) is 66.7 Å². The lowest BCUT2D eigenvalue weighted by molar-refractivity contribution is -0.192. The largest absolute Gasteiger partial charge is 0.434 e. The summed E-state index contributed by atoms with van der Waals surface area (Å²) >= 11 is 0. The Morgan fingerprint density at radius 1 is 1.00 bits per heavy atom. The molecular formula is C28H34O5S. The molecule has 0 amide bonds. The highest BCUT2D eigenvalue weighted by Gasteiger charge is 2.68. The van der Waals surface area contributed by atoms with Gasteiger partial charge in [-0.3, -0.25) is 4.79 Å². The van der Waals surface area contributed by atoms with Crippen LogP contribution >= 0.6 is 0 Å². The molecule has 5 nitrogen and oxygen atoms in total. The van der Waals surface area contributed by atoms with E-state index in [9.17, 15) is 13.2 Å². The van der Waals surface area contributed by atoms with Crippen LogP contribution in [0.1, 0.15) is 51.2 Å². The quantitative estimate of drug-likeness (QED) is 0.563. The van der Waals surface area contributed by atoms with Gasteiger partial charge in [-0.2, -0.15) is 0 Å². The number of esters is 1. The molecule has 2 fully saturated rings. The fourth-order valence-electron chi connectivity index (χ4n) is 6.36. The van der Waals surface area contributed by atoms with Crippen LogP contribution in [0.4, 0.5) is 0 Å². The first-order chi connectivity index (χ1) is 16.2. The molecule has 5 rings (SSSR count). The monoisotopic (exact) mass is 482 g/mol. The van der Waals surface area contributed by atoms with Crippen molar-refractivity contribution in [3.05, 3.63) is 65.7 Å². The van der Waals surface area contributed by atoms with Gasteiger partial charge >= 0.3 is 5.97 Å². The van der Waals surface area contributed by atoms with Crippen molar-refractivity contribution in [2.75, 3.05) is 0 Å². The molecule has 2 aliphatic carbocycles. The molecule has 6 atom stereocenters. The third-order valence-corrected chi connectivity index (χ3v) is 10.8. The molecule has 1 saturated heterocycles. The zero-order valence-electron chi connectivity index (χ0n) is 20.1. The van der Waals surface area contributed by atoms with Crippen LogP contribution in [0, 0.1) is 23.7 Å². The Labute approximate surface area is 202 Å². The number of hydrogen-bond donors (Lipinski definition) is 0. The van der Waals surface area contributed by atoms with Crippen molar-refractivity contribution in [3.63, 3.8) is 0 Å². The lowest BCUT2D eigenvalue weighted by Gasteiger charge is -2.43. The predicted molar refractivity (Wildman–Crippen MR) is 130 cm³/mol. The maximum Gasteiger partial charge on any atom is 0.313 e. The Bertz CT molecular complexity index is 1160. The standard InChI is InChI=1S/C28H34O5S/c1-18(2)23-14-13-19(3)15-25(23)32-27-28(34(30,31)22-11-5-4-6-12-22)17-21-10-8-7-9-20(21)16-24(28)26(29)33-27/h4-12,18-19,23-25,27H,13-17H2,1-3H3. The van der Waals surface area contributed by atoms with Crippen LogP contribution in [0.5, 0.6) is 0 Å². The van der Waals surface area contributed by atoms with E-state index in [-0.39, 0.29) is 17.4 Å². The smallest absolute Gasteiger partial charge is 0.313 e. The zero-order chi connectivity index (χ0) is 24.1. The number of carbonyl (C=O) groups is 1. The molecule has 2 aromatic carbocycles. The molecule has 0 spiro atoms. The van der Waals surface area contributed by atoms with E-state index in [1.54, 1.807) is 30.3 Å². The minimum absolute atomic E-state index is 0.139. The van der Waals surface area contributed by atoms with Gasteiger partial charge in [0.15, 0.2) is 14.6 Å². The van der Waals surface area contributed by atoms with Crippen LogP contribution in [0.25, 0.3) is 0 Å². The fraction of sp³-hybridized carbons (Fsp3) is 0.536. The van der Waals surface area contributed by atoms with Crippen LogP contribution in [0.3, 0.4) is 0 Å². The first-order valence-corrected chi connectivity index (χ1v) is 13.9. The second-order valence-electron chi connectivity index (χ2n) is 10.7. The van der Waals surface area contributed by atoms with Crippen LogP contribution in [-0.2, 0) is 36.9 Å². The molecule has 34 heavy (non-hydrogen) atoms. The van der Waals surface area contributed by atoms with E-state index in [1.807, 2.05) is 24.3 Å². The Kier molecular flexibility index (Phi) is 6.09. The van der Waals surface area contributed by atoms with Crippen LogP contribution in [-0.4, -0.2) is 31.5 Å². The number of cyclic esters (lactones) is 1. The molecule has 0 aromatic heterocycles. The van der Waals surface area contributed by atoms with Crippen LogP contribution < -0.4 is 0 Å². The average Bonchev–Trinajstić information content (AvgIpc) is 3.10. The van der Waals surface area contributed by atoms with E-state index in [2.05, 4.69) is 20.8 Å². The Balaban J connectivity index is 1.62. The summed E-state index contributed by atoms with van der Waals surface area (Å²) in [6, 6.07) is 16.3. The van der Waals surface area contributed by atoms with E-state index in [0.29, 0.717) is 24.2 Å². The molecule has 3 aliphatic rings. The van der Waals surface area contributed by atoms with Gasteiger partial charge in [0.05, 0.1) is 16.9 Å². The minimum atomic E-state index is -3.96. The second-order valence-corrected chi connectivity index (χ2v) is 13.0. The van der Waals surface area contributed by atoms with E-state index in [1.165, 1.54) is 0 Å². The predicted octanol–water partition coefficient (Wildman–Crippen LogP) is 4.97. The normalized spacial score (nSPS) is 33.3. The maximum absolute atomic E-state index is 14.4. The van der Waals surface area contributed by atoms with Gasteiger partial charge in [-0.15, -0.1) is 0 Å². The van der Waals surface area contributed by atoms with Gasteiger partial charge in [-0.25, -0.2) is 8.42 Å². The summed E-state index contributed by atoms with van der Waals surface area (Å²) in [4.78, 5) is 13.5. The molecule has 6 heteroatoms. The lowest BCUT2D eigenvalue weighted by atomic mass is 9.74. The molecule has 0 radical (unpaired) electrons. The minimum Gasteiger partial charge on any atom is -0.434 e. The van der Waals surface area contributed by atoms with Crippen molar-refractivity contribution in [1.29, 1.82) is 0 Å². The van der Waals surface area contributed by atoms with Gasteiger partial charge in [0.1, 0.15) is 0 Å². The number of benzene rings is 2. The van der Waals surface area contributed by atoms with Crippen molar-refractivity contribution in [2.24, 2.45) is 23.7 Å². The molecular weight excluding hydrogens is 448 g/mol. The Morgan fingerprint density at radius 3 is 2.38 bits per heavy atom. The molecule has 1 saturated carbocycles. The summed E-state index contributed by atoms with van der Waals surface area (Å²) in [5.41, 5.74) is 1.96. The van der Waals surface area contributed by atoms with Crippen molar-refractivity contribution in [1.82, 2.24) is 0 Å². The summed E-state index contributed by atoms with van der Waals surface area (Å²) in [5.74, 6) is -0.0674. The average molecular weight is 483 g/mol. The Morgan fingerprint density at radius 2 is 1.68 bits per heavy atom. The van der Waals surface area contributed by atoms with Crippen molar-refractivity contribution in [3.8, 4) is 0 Å². The topological polar surface area (TPSA) is 69.7 Å². The highest BCUT2D eigenvalue weighted by atomic mass is 32.2. The molecule has 2 aromatic rings. The summed E-state index contributed by atoms with van der Waals surface area (Å²) in [6.45, 7) is 6.59. The number of hydrogen-bond acceptors (Lipinski definition) is 5. The summed E-state index contributed by atoms with van der Waals surface area (Å²) in [7, 11) is -3.96. The number of ether oxygens (including phenoxy) is 2. The molecule has 0 bridgehead atoms. The molecule has 1 aliphatic heterocycles. The molecule has 6 unspecified atom stereocenters. The van der Waals surface area contributed by atoms with Crippen molar-refractivity contribution < 1.29 is 22.7 Å². The molecule has 0 N–H and O–H groups in total. The van der Waals surface area contributed by atoms with Crippen molar-refractivity contribution >= 4 is 15.8 Å². The Hall–Kier alpha value is -2.18. The number of carbonyl (C=O) groups excluding carboxylic acids is 1. The number of sulfone groups is 1. The van der Waals surface area contributed by atoms with Crippen LogP contribution in [0.15, 0.2) is 59.5 Å². The van der Waals surface area contributed by atoms with Gasteiger partial charge in [0.2, 0.25) is 6.29 Å². The van der Waals surface area contributed by atoms with Gasteiger partial charge < -0.3 is 9.47 Å². The highest BCUT2D eigenvalue weighted by molar-refractivity contribution is 7.93. The first-order valence-electron chi connectivity index (χ1n) is 12.5. The highest BCUT2D eigenvalue weighted by Crippen LogP contribution is 2.51. The van der Waals surface area contributed by atoms with Gasteiger partial charge in [-0.1, -0.05) is 69.7 Å². The molecule has 182 valence electrons. The van der Waals surface area contributed by atoms with E-state index >= 15 is 0 Å². The van der Waals surface area contributed by atoms with Gasteiger partial charge in [0.25, 0.3) is 0 Å².